The maximum absolute atomic E-state index is 11.3. The van der Waals surface area contributed by atoms with E-state index in [0.29, 0.717) is 6.54 Å². The minimum absolute atomic E-state index is 0.0808. The Morgan fingerprint density at radius 2 is 2.39 bits per heavy atom. The van der Waals surface area contributed by atoms with E-state index in [1.54, 1.807) is 12.5 Å². The highest BCUT2D eigenvalue weighted by Crippen LogP contribution is 2.28. The van der Waals surface area contributed by atoms with Crippen LogP contribution in [-0.4, -0.2) is 24.0 Å². The van der Waals surface area contributed by atoms with Crippen molar-refractivity contribution in [2.45, 2.75) is 12.8 Å². The van der Waals surface area contributed by atoms with Gasteiger partial charge in [0.1, 0.15) is 11.4 Å². The summed E-state index contributed by atoms with van der Waals surface area (Å²) in [5.74, 6) is 0.578. The summed E-state index contributed by atoms with van der Waals surface area (Å²) in [6, 6.07) is 3.75. The normalized spacial score (nSPS) is 20.2. The smallest absolute Gasteiger partial charge is 0.222 e. The molecule has 0 spiro atoms. The van der Waals surface area contributed by atoms with Gasteiger partial charge in [0.25, 0.3) is 0 Å². The Morgan fingerprint density at radius 3 is 3.22 bits per heavy atom. The molecular weight excluding hydrogens is 230 g/mol. The Labute approximate surface area is 105 Å². The number of fused-ring (bicyclic) bond motifs is 1. The fourth-order valence-electron chi connectivity index (χ4n) is 2.53. The third kappa shape index (κ3) is 1.81. The van der Waals surface area contributed by atoms with Crippen molar-refractivity contribution in [2.24, 2.45) is 11.7 Å². The van der Waals surface area contributed by atoms with Crippen LogP contribution in [0.3, 0.4) is 0 Å². The number of pyridine rings is 1. The van der Waals surface area contributed by atoms with E-state index in [4.69, 9.17) is 10.2 Å². The van der Waals surface area contributed by atoms with Gasteiger partial charge in [0.05, 0.1) is 17.6 Å². The summed E-state index contributed by atoms with van der Waals surface area (Å²) in [7, 11) is 0. The molecule has 0 bridgehead atoms. The summed E-state index contributed by atoms with van der Waals surface area (Å²) >= 11 is 0. The van der Waals surface area contributed by atoms with Gasteiger partial charge in [-0.25, -0.2) is 4.98 Å². The van der Waals surface area contributed by atoms with E-state index in [2.05, 4.69) is 9.88 Å². The van der Waals surface area contributed by atoms with Gasteiger partial charge >= 0.3 is 0 Å². The molecule has 94 valence electrons. The van der Waals surface area contributed by atoms with Crippen LogP contribution in [0.4, 0.5) is 5.82 Å². The predicted molar refractivity (Wildman–Crippen MR) is 68.1 cm³/mol. The molecule has 1 aliphatic rings. The molecule has 2 aromatic rings. The Hall–Kier alpha value is -2.04. The lowest BCUT2D eigenvalue weighted by Gasteiger charge is -2.32. The first-order chi connectivity index (χ1) is 8.75. The van der Waals surface area contributed by atoms with Crippen LogP contribution in [-0.2, 0) is 4.79 Å². The lowest BCUT2D eigenvalue weighted by molar-refractivity contribution is -0.122. The maximum Gasteiger partial charge on any atom is 0.222 e. The van der Waals surface area contributed by atoms with Gasteiger partial charge in [-0.15, -0.1) is 0 Å². The van der Waals surface area contributed by atoms with E-state index < -0.39 is 0 Å². The third-order valence-electron chi connectivity index (χ3n) is 3.48. The Kier molecular flexibility index (Phi) is 2.66. The number of hydrogen-bond acceptors (Lipinski definition) is 4. The molecule has 5 nitrogen and oxygen atoms in total. The minimum atomic E-state index is -0.223. The number of amides is 1. The van der Waals surface area contributed by atoms with Gasteiger partial charge < -0.3 is 15.1 Å². The minimum Gasteiger partial charge on any atom is -0.464 e. The summed E-state index contributed by atoms with van der Waals surface area (Å²) < 4.78 is 5.37. The summed E-state index contributed by atoms with van der Waals surface area (Å²) in [6.45, 7) is 1.55. The molecule has 0 aromatic carbocycles. The predicted octanol–water partition coefficient (Wildman–Crippen LogP) is 1.53. The van der Waals surface area contributed by atoms with Gasteiger partial charge in [0.2, 0.25) is 5.91 Å². The van der Waals surface area contributed by atoms with Gasteiger partial charge in [0, 0.05) is 19.3 Å². The molecule has 0 aliphatic carbocycles. The van der Waals surface area contributed by atoms with Crippen molar-refractivity contribution in [1.82, 2.24) is 4.98 Å². The van der Waals surface area contributed by atoms with Crippen LogP contribution in [0.1, 0.15) is 12.8 Å². The van der Waals surface area contributed by atoms with Crippen molar-refractivity contribution < 1.29 is 9.21 Å². The SMILES string of the molecule is NC(=O)C1CCCN(c2nccc3occc23)C1. The topological polar surface area (TPSA) is 72.4 Å². The zero-order chi connectivity index (χ0) is 12.5. The molecule has 1 amide bonds. The molecule has 1 fully saturated rings. The van der Waals surface area contributed by atoms with E-state index in [-0.39, 0.29) is 11.8 Å². The Bertz CT molecular complexity index is 578. The molecule has 1 saturated heterocycles. The van der Waals surface area contributed by atoms with E-state index in [1.165, 1.54) is 0 Å². The molecule has 2 aromatic heterocycles. The van der Waals surface area contributed by atoms with E-state index >= 15 is 0 Å². The van der Waals surface area contributed by atoms with Crippen molar-refractivity contribution in [3.05, 3.63) is 24.6 Å². The van der Waals surface area contributed by atoms with Crippen molar-refractivity contribution in [3.63, 3.8) is 0 Å². The number of piperidine rings is 1. The number of nitrogens with two attached hydrogens (primary N) is 1. The standard InChI is InChI=1S/C13H15N3O2/c14-12(17)9-2-1-6-16(8-9)13-10-4-7-18-11(10)3-5-15-13/h3-5,7,9H,1-2,6,8H2,(H2,14,17). The van der Waals surface area contributed by atoms with Gasteiger partial charge in [-0.2, -0.15) is 0 Å². The second kappa shape index (κ2) is 4.33. The van der Waals surface area contributed by atoms with Crippen LogP contribution in [0.5, 0.6) is 0 Å². The maximum atomic E-state index is 11.3. The highest BCUT2D eigenvalue weighted by atomic mass is 16.3. The van der Waals surface area contributed by atoms with Gasteiger partial charge in [-0.3, -0.25) is 4.79 Å². The highest BCUT2D eigenvalue weighted by Gasteiger charge is 2.25. The monoisotopic (exact) mass is 245 g/mol. The molecule has 1 unspecified atom stereocenters. The van der Waals surface area contributed by atoms with Crippen molar-refractivity contribution in [3.8, 4) is 0 Å². The summed E-state index contributed by atoms with van der Waals surface area (Å²) in [4.78, 5) is 17.8. The van der Waals surface area contributed by atoms with Gasteiger partial charge in [-0.05, 0) is 25.0 Å². The number of rotatable bonds is 2. The number of hydrogen-bond donors (Lipinski definition) is 1. The number of carbonyl (C=O) groups is 1. The summed E-state index contributed by atoms with van der Waals surface area (Å²) in [5, 5.41) is 0.989. The second-order valence-corrected chi connectivity index (χ2v) is 4.65. The van der Waals surface area contributed by atoms with Crippen molar-refractivity contribution in [2.75, 3.05) is 18.0 Å². The number of furan rings is 1. The number of aromatic nitrogens is 1. The number of nitrogens with zero attached hydrogens (tertiary/aromatic N) is 2. The highest BCUT2D eigenvalue weighted by molar-refractivity contribution is 5.88. The first-order valence-electron chi connectivity index (χ1n) is 6.12. The molecule has 3 heterocycles. The van der Waals surface area contributed by atoms with Crippen LogP contribution in [0, 0.1) is 5.92 Å². The lowest BCUT2D eigenvalue weighted by atomic mass is 9.97. The fourth-order valence-corrected chi connectivity index (χ4v) is 2.53. The van der Waals surface area contributed by atoms with Crippen LogP contribution < -0.4 is 10.6 Å². The third-order valence-corrected chi connectivity index (χ3v) is 3.48. The van der Waals surface area contributed by atoms with Gasteiger partial charge in [0.15, 0.2) is 0 Å². The number of primary amides is 1. The zero-order valence-corrected chi connectivity index (χ0v) is 10.0. The van der Waals surface area contributed by atoms with Gasteiger partial charge in [-0.1, -0.05) is 0 Å². The van der Waals surface area contributed by atoms with E-state index in [9.17, 15) is 4.79 Å². The Morgan fingerprint density at radius 1 is 1.50 bits per heavy atom. The van der Waals surface area contributed by atoms with Crippen LogP contribution >= 0.6 is 0 Å². The fraction of sp³-hybridized carbons (Fsp3) is 0.385. The quantitative estimate of drug-likeness (QED) is 0.870. The number of anilines is 1. The van der Waals surface area contributed by atoms with E-state index in [0.717, 1.165) is 36.2 Å². The molecule has 2 N–H and O–H groups in total. The molecular formula is C13H15N3O2. The van der Waals surface area contributed by atoms with Crippen molar-refractivity contribution in [1.29, 1.82) is 0 Å². The first kappa shape index (κ1) is 11.1. The average Bonchev–Trinajstić information content (AvgIpc) is 2.87. The van der Waals surface area contributed by atoms with Crippen LogP contribution in [0.2, 0.25) is 0 Å². The number of carbonyl (C=O) groups excluding carboxylic acids is 1. The molecule has 18 heavy (non-hydrogen) atoms. The van der Waals surface area contributed by atoms with Crippen molar-refractivity contribution >= 4 is 22.7 Å². The zero-order valence-electron chi connectivity index (χ0n) is 10.0. The van der Waals surface area contributed by atoms with Crippen LogP contribution in [0.25, 0.3) is 11.0 Å². The molecule has 1 aliphatic heterocycles. The average molecular weight is 245 g/mol. The molecule has 3 rings (SSSR count). The lowest BCUT2D eigenvalue weighted by Crippen LogP contribution is -2.41. The Balaban J connectivity index is 1.94. The molecule has 5 heteroatoms. The first-order valence-corrected chi connectivity index (χ1v) is 6.12. The largest absolute Gasteiger partial charge is 0.464 e. The van der Waals surface area contributed by atoms with Crippen LogP contribution in [0.15, 0.2) is 29.0 Å². The summed E-state index contributed by atoms with van der Waals surface area (Å²) in [5.41, 5.74) is 6.22. The summed E-state index contributed by atoms with van der Waals surface area (Å²) in [6.07, 6.45) is 5.22. The molecule has 1 atom stereocenters. The van der Waals surface area contributed by atoms with E-state index in [1.807, 2.05) is 12.1 Å². The molecule has 0 saturated carbocycles. The second-order valence-electron chi connectivity index (χ2n) is 4.65. The molecule has 0 radical (unpaired) electrons.